The number of nitrogens with two attached hydrogens (primary N) is 1. The average Bonchev–Trinajstić information content (AvgIpc) is 3.73. The molecule has 5 amide bonds. The lowest BCUT2D eigenvalue weighted by atomic mass is 9.97. The highest BCUT2D eigenvalue weighted by Gasteiger charge is 2.41. The van der Waals surface area contributed by atoms with Gasteiger partial charge in [-0.1, -0.05) is 133 Å². The molecule has 58 heavy (non-hydrogen) atoms. The summed E-state index contributed by atoms with van der Waals surface area (Å²) in [6.07, 6.45) is -2.30. The Morgan fingerprint density at radius 3 is 1.64 bits per heavy atom. The highest BCUT2D eigenvalue weighted by molar-refractivity contribution is 5.92. The predicted molar refractivity (Wildman–Crippen MR) is 221 cm³/mol. The topological polar surface area (TPSA) is 212 Å². The number of aliphatic hydroxyl groups excluding tert-OH is 2. The Morgan fingerprint density at radius 2 is 1.17 bits per heavy atom. The van der Waals surface area contributed by atoms with Crippen LogP contribution in [0.3, 0.4) is 0 Å². The minimum absolute atomic E-state index is 0.0625. The second kappa shape index (κ2) is 23.8. The fourth-order valence-electron chi connectivity index (χ4n) is 6.24. The van der Waals surface area contributed by atoms with E-state index >= 15 is 0 Å². The zero-order valence-corrected chi connectivity index (χ0v) is 34.5. The number of carbonyl (C=O) groups excluding carboxylic acids is 5. The number of benzene rings is 3. The molecule has 14 nitrogen and oxygen atoms in total. The molecule has 0 radical (unpaired) electrons. The molecule has 6 atom stereocenters. The summed E-state index contributed by atoms with van der Waals surface area (Å²) in [6.45, 7) is 12.0. The molecule has 0 bridgehead atoms. The van der Waals surface area contributed by atoms with E-state index in [1.165, 1.54) is 4.90 Å². The van der Waals surface area contributed by atoms with Gasteiger partial charge in [0.25, 0.3) is 11.8 Å². The van der Waals surface area contributed by atoms with E-state index in [-0.39, 0.29) is 36.8 Å². The quantitative estimate of drug-likeness (QED) is 0.107. The molecule has 3 aromatic rings. The third-order valence-electron chi connectivity index (χ3n) is 9.92. The number of nitrogens with zero attached hydrogens (tertiary/aromatic N) is 1. The van der Waals surface area contributed by atoms with Crippen LogP contribution in [0.15, 0.2) is 91.0 Å². The fourth-order valence-corrected chi connectivity index (χ4v) is 6.24. The summed E-state index contributed by atoms with van der Waals surface area (Å²) < 4.78 is 5.31. The zero-order valence-electron chi connectivity index (χ0n) is 34.5. The average molecular weight is 803 g/mol. The smallest absolute Gasteiger partial charge is 0.408 e. The number of nitrogens with one attached hydrogen (secondary N) is 4. The second-order valence-electron chi connectivity index (χ2n) is 15.5. The van der Waals surface area contributed by atoms with Crippen molar-refractivity contribution in [2.75, 3.05) is 6.54 Å². The third-order valence-corrected chi connectivity index (χ3v) is 9.92. The molecule has 1 aliphatic rings. The highest BCUT2D eigenvalue weighted by Crippen LogP contribution is 2.22. The van der Waals surface area contributed by atoms with Crippen molar-refractivity contribution in [2.24, 2.45) is 23.5 Å². The van der Waals surface area contributed by atoms with Crippen LogP contribution in [0.2, 0.25) is 0 Å². The molecule has 1 fully saturated rings. The molecule has 1 aliphatic heterocycles. The molecule has 0 aromatic heterocycles. The van der Waals surface area contributed by atoms with Crippen LogP contribution in [0.4, 0.5) is 4.79 Å². The van der Waals surface area contributed by atoms with E-state index in [0.29, 0.717) is 25.9 Å². The van der Waals surface area contributed by atoms with E-state index in [9.17, 15) is 34.2 Å². The first-order valence-electron chi connectivity index (χ1n) is 19.9. The van der Waals surface area contributed by atoms with Crippen LogP contribution in [0, 0.1) is 17.8 Å². The van der Waals surface area contributed by atoms with Gasteiger partial charge in [0.05, 0.1) is 6.04 Å². The van der Waals surface area contributed by atoms with Crippen molar-refractivity contribution < 1.29 is 38.9 Å². The number of alkyl carbamates (subject to hydrolysis) is 1. The first kappa shape index (κ1) is 47.1. The summed E-state index contributed by atoms with van der Waals surface area (Å²) in [5.74, 6) is -2.29. The van der Waals surface area contributed by atoms with Crippen LogP contribution in [0.1, 0.15) is 71.1 Å². The number of amides is 5. The molecule has 0 aliphatic carbocycles. The number of hydrogen-bond donors (Lipinski definition) is 7. The molecular formula is C44H62N6O8. The lowest BCUT2D eigenvalue weighted by Crippen LogP contribution is -2.59. The number of rotatable bonds is 17. The van der Waals surface area contributed by atoms with Crippen molar-refractivity contribution >= 4 is 29.7 Å². The monoisotopic (exact) mass is 802 g/mol. The Hall–Kier alpha value is -5.31. The molecule has 0 spiro atoms. The number of hydrogen-bond acceptors (Lipinski definition) is 9. The Labute approximate surface area is 342 Å². The van der Waals surface area contributed by atoms with Gasteiger partial charge in [-0.25, -0.2) is 4.79 Å². The maximum Gasteiger partial charge on any atom is 0.408 e. The largest absolute Gasteiger partial charge is 0.445 e. The van der Waals surface area contributed by atoms with Gasteiger partial charge in [-0.3, -0.25) is 19.2 Å². The summed E-state index contributed by atoms with van der Waals surface area (Å²) in [6, 6.07) is 25.0. The molecule has 1 heterocycles. The van der Waals surface area contributed by atoms with Crippen LogP contribution in [-0.2, 0) is 43.6 Å². The summed E-state index contributed by atoms with van der Waals surface area (Å²) in [5.41, 5.74) is 8.42. The van der Waals surface area contributed by atoms with Crippen LogP contribution in [-0.4, -0.2) is 87.8 Å². The lowest BCUT2D eigenvalue weighted by Gasteiger charge is -2.32. The second-order valence-corrected chi connectivity index (χ2v) is 15.5. The van der Waals surface area contributed by atoms with Gasteiger partial charge < -0.3 is 46.9 Å². The maximum absolute atomic E-state index is 13.6. The SMILES string of the molecule is CC(C)[C@H](N)C(O)C(=O)NCc1ccccc1.CC(C)[C@H](NC(=O)[C@@H]1CCCN1C(=O)[C@@H](NC(=O)OCc1ccccc1)C(C)C)C(O)C(=O)NCc1ccccc1. The van der Waals surface area contributed by atoms with Crippen molar-refractivity contribution in [3.8, 4) is 0 Å². The normalized spacial score (nSPS) is 16.3. The molecular weight excluding hydrogens is 741 g/mol. The molecule has 2 unspecified atom stereocenters. The van der Waals surface area contributed by atoms with E-state index < -0.39 is 60.2 Å². The van der Waals surface area contributed by atoms with Crippen LogP contribution >= 0.6 is 0 Å². The van der Waals surface area contributed by atoms with Crippen molar-refractivity contribution in [3.05, 3.63) is 108 Å². The molecule has 3 aromatic carbocycles. The number of likely N-dealkylation sites (tertiary alicyclic amines) is 1. The Morgan fingerprint density at radius 1 is 0.690 bits per heavy atom. The van der Waals surface area contributed by atoms with Crippen molar-refractivity contribution in [3.63, 3.8) is 0 Å². The number of carbonyl (C=O) groups is 5. The van der Waals surface area contributed by atoms with Crippen LogP contribution in [0.25, 0.3) is 0 Å². The standard InChI is InChI=1S/C31H42N4O6.C13H20N2O2/c1-20(2)25(27(36)29(38)32-18-22-12-7-5-8-13-22)33-28(37)24-16-11-17-35(24)30(39)26(21(3)4)34-31(40)41-19-23-14-9-6-10-15-23;1-9(2)11(14)12(16)13(17)15-8-10-6-4-3-5-7-10/h5-10,12-15,20-21,24-27,36H,11,16-19H2,1-4H3,(H,32,38)(H,33,37)(H,34,40);3-7,9,11-12,16H,8,14H2,1-2H3,(H,15,17)/t24-,25-,26-,27?;11-,12?/m00/s1. The summed E-state index contributed by atoms with van der Waals surface area (Å²) in [4.78, 5) is 65.3. The molecule has 316 valence electrons. The predicted octanol–water partition coefficient (Wildman–Crippen LogP) is 3.39. The maximum atomic E-state index is 13.6. The summed E-state index contributed by atoms with van der Waals surface area (Å²) in [7, 11) is 0. The zero-order chi connectivity index (χ0) is 42.8. The molecule has 4 rings (SSSR count). The van der Waals surface area contributed by atoms with E-state index in [0.717, 1.165) is 16.7 Å². The van der Waals surface area contributed by atoms with Crippen molar-refractivity contribution in [2.45, 2.75) is 110 Å². The first-order valence-corrected chi connectivity index (χ1v) is 19.9. The fraction of sp³-hybridized carbons (Fsp3) is 0.477. The van der Waals surface area contributed by atoms with Crippen LogP contribution < -0.4 is 27.0 Å². The summed E-state index contributed by atoms with van der Waals surface area (Å²) in [5, 5.41) is 31.4. The van der Waals surface area contributed by atoms with Gasteiger partial charge in [-0.2, -0.15) is 0 Å². The highest BCUT2D eigenvalue weighted by atomic mass is 16.5. The van der Waals surface area contributed by atoms with Gasteiger partial charge in [0.2, 0.25) is 11.8 Å². The minimum atomic E-state index is -1.47. The summed E-state index contributed by atoms with van der Waals surface area (Å²) >= 11 is 0. The van der Waals surface area contributed by atoms with Gasteiger partial charge in [0.15, 0.2) is 6.10 Å². The van der Waals surface area contributed by atoms with Gasteiger partial charge in [-0.05, 0) is 47.3 Å². The van der Waals surface area contributed by atoms with Crippen molar-refractivity contribution in [1.82, 2.24) is 26.2 Å². The van der Waals surface area contributed by atoms with Gasteiger partial charge in [-0.15, -0.1) is 0 Å². The van der Waals surface area contributed by atoms with E-state index in [1.54, 1.807) is 13.8 Å². The van der Waals surface area contributed by atoms with E-state index in [2.05, 4.69) is 21.3 Å². The minimum Gasteiger partial charge on any atom is -0.445 e. The van der Waals surface area contributed by atoms with Crippen molar-refractivity contribution in [1.29, 1.82) is 0 Å². The van der Waals surface area contributed by atoms with E-state index in [4.69, 9.17) is 10.5 Å². The molecule has 1 saturated heterocycles. The molecule has 14 heteroatoms. The Balaban J connectivity index is 0.000000442. The van der Waals surface area contributed by atoms with Gasteiger partial charge >= 0.3 is 6.09 Å². The van der Waals surface area contributed by atoms with Crippen LogP contribution in [0.5, 0.6) is 0 Å². The number of ether oxygens (including phenoxy) is 1. The number of aliphatic hydroxyl groups is 2. The Kier molecular flexibility index (Phi) is 19.3. The van der Waals surface area contributed by atoms with E-state index in [1.807, 2.05) is 119 Å². The van der Waals surface area contributed by atoms with Gasteiger partial charge in [0, 0.05) is 25.7 Å². The molecule has 8 N–H and O–H groups in total. The third kappa shape index (κ3) is 14.9. The Bertz CT molecular complexity index is 1730. The first-order chi connectivity index (χ1) is 27.6. The molecule has 0 saturated carbocycles. The lowest BCUT2D eigenvalue weighted by molar-refractivity contribution is -0.142. The van der Waals surface area contributed by atoms with Gasteiger partial charge in [0.1, 0.15) is 24.8 Å².